The Morgan fingerprint density at radius 1 is 1.04 bits per heavy atom. The van der Waals surface area contributed by atoms with Gasteiger partial charge in [0, 0.05) is 18.8 Å². The first-order valence-electron chi connectivity index (χ1n) is 14.9. The largest absolute Gasteiger partial charge is 0.487 e. The minimum atomic E-state index is -0.492. The van der Waals surface area contributed by atoms with Crippen molar-refractivity contribution >= 4 is 23.6 Å². The molecule has 0 radical (unpaired) electrons. The van der Waals surface area contributed by atoms with Crippen molar-refractivity contribution in [3.8, 4) is 28.8 Å². The van der Waals surface area contributed by atoms with Crippen molar-refractivity contribution < 1.29 is 33.3 Å². The summed E-state index contributed by atoms with van der Waals surface area (Å²) in [4.78, 5) is 43.8. The van der Waals surface area contributed by atoms with Crippen molar-refractivity contribution in [2.45, 2.75) is 31.8 Å². The highest BCUT2D eigenvalue weighted by Gasteiger charge is 2.33. The van der Waals surface area contributed by atoms with Crippen LogP contribution < -0.4 is 29.7 Å². The number of carbonyl (C=O) groups excluding carboxylic acids is 2. The van der Waals surface area contributed by atoms with E-state index in [4.69, 9.17) is 23.7 Å². The van der Waals surface area contributed by atoms with Crippen LogP contribution in [0, 0.1) is 0 Å². The Balaban J connectivity index is 0.982. The molecule has 3 aliphatic heterocycles. The third-order valence-corrected chi connectivity index (χ3v) is 7.49. The van der Waals surface area contributed by atoms with Gasteiger partial charge in [0.25, 0.3) is 5.91 Å². The van der Waals surface area contributed by atoms with Gasteiger partial charge in [0.2, 0.25) is 5.88 Å². The van der Waals surface area contributed by atoms with Crippen LogP contribution in [0.3, 0.4) is 0 Å². The van der Waals surface area contributed by atoms with Gasteiger partial charge < -0.3 is 34.3 Å². The van der Waals surface area contributed by atoms with Crippen molar-refractivity contribution in [2.24, 2.45) is 0 Å². The van der Waals surface area contributed by atoms with E-state index in [1.165, 1.54) is 4.90 Å². The molecule has 6 heterocycles. The maximum absolute atomic E-state index is 12.6. The Morgan fingerprint density at radius 3 is 2.78 bits per heavy atom. The summed E-state index contributed by atoms with van der Waals surface area (Å²) in [6.45, 7) is 2.73. The average Bonchev–Trinajstić information content (AvgIpc) is 3.44. The van der Waals surface area contributed by atoms with Gasteiger partial charge in [-0.25, -0.2) is 14.8 Å². The molecule has 2 amide bonds. The molecule has 3 aromatic heterocycles. The first kappa shape index (κ1) is 29.4. The lowest BCUT2D eigenvalue weighted by Gasteiger charge is -2.26. The molecule has 1 unspecified atom stereocenters. The molecular formula is C32H31N7O7. The summed E-state index contributed by atoms with van der Waals surface area (Å²) in [5, 5.41) is 6.04. The van der Waals surface area contributed by atoms with E-state index >= 15 is 0 Å². The number of nitrogens with zero attached hydrogens (tertiary/aromatic N) is 5. The zero-order chi connectivity index (χ0) is 31.3. The predicted molar refractivity (Wildman–Crippen MR) is 164 cm³/mol. The van der Waals surface area contributed by atoms with E-state index in [0.717, 1.165) is 11.3 Å². The molecule has 14 heteroatoms. The highest BCUT2D eigenvalue weighted by molar-refractivity contribution is 5.95. The molecule has 46 heavy (non-hydrogen) atoms. The quantitative estimate of drug-likeness (QED) is 0.222. The molecule has 0 aliphatic carbocycles. The van der Waals surface area contributed by atoms with Gasteiger partial charge in [-0.1, -0.05) is 30.3 Å². The Bertz CT molecular complexity index is 1720. The zero-order valence-corrected chi connectivity index (χ0v) is 24.8. The standard InChI is InChI=1S/C32H31N7O7/c40-28-19-44-25-6-7-27(36-31(25)37-28)39-15-22(46-32(39)41)8-10-33-13-21-12-24(26(14-35-21)43-16-20-4-2-1-3-5-20)30-34-11-9-29(38-30)45-23-17-42-18-23/h1-7,9,11-12,14,22-23,33H,8,10,13,15-19H2,(H,36,37,40). The highest BCUT2D eigenvalue weighted by atomic mass is 16.6. The van der Waals surface area contributed by atoms with E-state index < -0.39 is 6.09 Å². The van der Waals surface area contributed by atoms with Crippen molar-refractivity contribution in [1.82, 2.24) is 25.3 Å². The summed E-state index contributed by atoms with van der Waals surface area (Å²) >= 11 is 0. The van der Waals surface area contributed by atoms with Gasteiger partial charge in [0.15, 0.2) is 24.0 Å². The molecule has 3 aliphatic rings. The molecule has 1 atom stereocenters. The fraction of sp³-hybridized carbons (Fsp3) is 0.312. The van der Waals surface area contributed by atoms with Gasteiger partial charge in [-0.05, 0) is 36.7 Å². The molecule has 2 saturated heterocycles. The Hall–Kier alpha value is -5.34. The number of carbonyl (C=O) groups is 2. The second kappa shape index (κ2) is 13.3. The highest BCUT2D eigenvalue weighted by Crippen LogP contribution is 2.31. The lowest BCUT2D eigenvalue weighted by atomic mass is 10.1. The summed E-state index contributed by atoms with van der Waals surface area (Å²) in [6.07, 6.45) is 3.07. The monoisotopic (exact) mass is 625 g/mol. The van der Waals surface area contributed by atoms with Crippen LogP contribution in [0.4, 0.5) is 16.4 Å². The van der Waals surface area contributed by atoms with E-state index in [-0.39, 0.29) is 30.5 Å². The average molecular weight is 626 g/mol. The van der Waals surface area contributed by atoms with Gasteiger partial charge >= 0.3 is 6.09 Å². The molecule has 4 aromatic rings. The number of anilines is 2. The SMILES string of the molecule is O=C1COc2ccc(N3CC(CCNCc4cc(-c5nccc(OC6COC6)n5)c(OCc5ccccc5)cn4)OC3=O)nc2N1. The van der Waals surface area contributed by atoms with Crippen molar-refractivity contribution in [3.63, 3.8) is 0 Å². The van der Waals surface area contributed by atoms with E-state index in [9.17, 15) is 9.59 Å². The van der Waals surface area contributed by atoms with Crippen molar-refractivity contribution in [2.75, 3.05) is 43.1 Å². The smallest absolute Gasteiger partial charge is 0.415 e. The van der Waals surface area contributed by atoms with E-state index in [2.05, 4.69) is 30.6 Å². The third kappa shape index (κ3) is 6.82. The predicted octanol–water partition coefficient (Wildman–Crippen LogP) is 3.13. The topological polar surface area (TPSA) is 159 Å². The van der Waals surface area contributed by atoms with Crippen LogP contribution in [0.1, 0.15) is 17.7 Å². The van der Waals surface area contributed by atoms with E-state index in [1.807, 2.05) is 36.4 Å². The molecule has 0 spiro atoms. The summed E-state index contributed by atoms with van der Waals surface area (Å²) in [5.41, 5.74) is 2.48. The lowest BCUT2D eigenvalue weighted by Crippen LogP contribution is -2.38. The fourth-order valence-corrected chi connectivity index (χ4v) is 5.04. The van der Waals surface area contributed by atoms with Crippen LogP contribution in [0.15, 0.2) is 67.0 Å². The number of rotatable bonds is 12. The third-order valence-electron chi connectivity index (χ3n) is 7.49. The molecule has 2 N–H and O–H groups in total. The summed E-state index contributed by atoms with van der Waals surface area (Å²) in [6, 6.07) is 16.9. The number of nitrogens with one attached hydrogen (secondary N) is 2. The van der Waals surface area contributed by atoms with Gasteiger partial charge in [-0.15, -0.1) is 0 Å². The van der Waals surface area contributed by atoms with Crippen LogP contribution in [-0.2, 0) is 27.4 Å². The minimum absolute atomic E-state index is 0.0217. The maximum Gasteiger partial charge on any atom is 0.415 e. The number of cyclic esters (lactones) is 1. The number of fused-ring (bicyclic) bond motifs is 1. The van der Waals surface area contributed by atoms with Gasteiger partial charge in [-0.2, -0.15) is 4.98 Å². The fourth-order valence-electron chi connectivity index (χ4n) is 5.04. The maximum atomic E-state index is 12.6. The molecule has 0 saturated carbocycles. The zero-order valence-electron chi connectivity index (χ0n) is 24.8. The second-order valence-electron chi connectivity index (χ2n) is 10.9. The summed E-state index contributed by atoms with van der Waals surface area (Å²) in [7, 11) is 0. The Morgan fingerprint density at radius 2 is 1.93 bits per heavy atom. The number of hydrogen-bond donors (Lipinski definition) is 2. The van der Waals surface area contributed by atoms with Crippen LogP contribution in [0.2, 0.25) is 0 Å². The number of pyridine rings is 2. The molecule has 236 valence electrons. The second-order valence-corrected chi connectivity index (χ2v) is 10.9. The molecule has 14 nitrogen and oxygen atoms in total. The molecule has 1 aromatic carbocycles. The first-order chi connectivity index (χ1) is 22.6. The van der Waals surface area contributed by atoms with Crippen molar-refractivity contribution in [1.29, 1.82) is 0 Å². The Kier molecular flexibility index (Phi) is 8.52. The number of hydrogen-bond acceptors (Lipinski definition) is 12. The number of benzene rings is 1. The molecule has 7 rings (SSSR count). The van der Waals surface area contributed by atoms with Gasteiger partial charge in [-0.3, -0.25) is 14.7 Å². The lowest BCUT2D eigenvalue weighted by molar-refractivity contribution is -0.118. The number of amides is 2. The van der Waals surface area contributed by atoms with Crippen LogP contribution >= 0.6 is 0 Å². The van der Waals surface area contributed by atoms with Gasteiger partial charge in [0.1, 0.15) is 30.4 Å². The van der Waals surface area contributed by atoms with E-state index in [1.54, 1.807) is 30.6 Å². The number of ether oxygens (including phenoxy) is 5. The number of aromatic nitrogens is 4. The minimum Gasteiger partial charge on any atom is -0.487 e. The first-order valence-corrected chi connectivity index (χ1v) is 14.9. The molecular weight excluding hydrogens is 594 g/mol. The van der Waals surface area contributed by atoms with Crippen molar-refractivity contribution in [3.05, 3.63) is 78.2 Å². The Labute approximate surface area is 264 Å². The molecule has 2 fully saturated rings. The van der Waals surface area contributed by atoms with E-state index in [0.29, 0.717) is 80.5 Å². The van der Waals surface area contributed by atoms with Crippen LogP contribution in [-0.4, -0.2) is 77.1 Å². The normalized spacial score (nSPS) is 17.4. The van der Waals surface area contributed by atoms with Gasteiger partial charge in [0.05, 0.1) is 37.2 Å². The molecule has 0 bridgehead atoms. The van der Waals surface area contributed by atoms with Crippen LogP contribution in [0.25, 0.3) is 11.4 Å². The van der Waals surface area contributed by atoms with Crippen LogP contribution in [0.5, 0.6) is 17.4 Å². The summed E-state index contributed by atoms with van der Waals surface area (Å²) in [5.74, 6) is 2.31. The summed E-state index contributed by atoms with van der Waals surface area (Å²) < 4.78 is 28.2.